The number of carbonyl (C=O) groups excluding carboxylic acids is 2. The van der Waals surface area contributed by atoms with Gasteiger partial charge in [0.1, 0.15) is 23.4 Å². The van der Waals surface area contributed by atoms with Crippen LogP contribution in [0.3, 0.4) is 0 Å². The van der Waals surface area contributed by atoms with Gasteiger partial charge in [0.2, 0.25) is 5.91 Å². The minimum absolute atomic E-state index is 0.166. The molecule has 0 unspecified atom stereocenters. The third kappa shape index (κ3) is 4.69. The Morgan fingerprint density at radius 2 is 1.96 bits per heavy atom. The Labute approximate surface area is 144 Å². The minimum atomic E-state index is -0.510. The molecule has 1 atom stereocenters. The zero-order chi connectivity index (χ0) is 17.6. The van der Waals surface area contributed by atoms with Crippen LogP contribution in [0.15, 0.2) is 48.5 Å². The second-order valence-electron chi connectivity index (χ2n) is 5.67. The monoisotopic (exact) mass is 343 g/mol. The number of rotatable bonds is 4. The molecule has 2 aromatic carbocycles. The Balaban J connectivity index is 1.55. The summed E-state index contributed by atoms with van der Waals surface area (Å²) in [6, 6.07) is 11.5. The fraction of sp³-hybridized carbons (Fsp3) is 0.222. The molecule has 0 spiro atoms. The summed E-state index contributed by atoms with van der Waals surface area (Å²) in [6.45, 7) is 0.644. The highest BCUT2D eigenvalue weighted by Gasteiger charge is 2.23. The lowest BCUT2D eigenvalue weighted by Crippen LogP contribution is -2.51. The van der Waals surface area contributed by atoms with Gasteiger partial charge >= 0.3 is 6.03 Å². The lowest BCUT2D eigenvalue weighted by atomic mass is 10.1. The van der Waals surface area contributed by atoms with Crippen LogP contribution in [0.2, 0.25) is 0 Å². The van der Waals surface area contributed by atoms with Gasteiger partial charge in [-0.1, -0.05) is 6.07 Å². The standard InChI is InChI=1S/C18H18FN3O3/c19-12-3-1-4-15(11-12)25-14-8-6-13(7-9-14)21-18(24)22-16-5-2-10-20-17(16)23/h1,3-4,6-9,11,16H,2,5,10H2,(H,20,23)(H2,21,22,24)/t16-/m1/s1. The molecule has 2 aromatic rings. The number of hydrogen-bond donors (Lipinski definition) is 3. The zero-order valence-corrected chi connectivity index (χ0v) is 13.4. The molecule has 0 bridgehead atoms. The summed E-state index contributed by atoms with van der Waals surface area (Å²) in [4.78, 5) is 23.6. The number of carbonyl (C=O) groups is 2. The van der Waals surface area contributed by atoms with E-state index in [0.717, 1.165) is 6.42 Å². The maximum absolute atomic E-state index is 13.1. The summed E-state index contributed by atoms with van der Waals surface area (Å²) < 4.78 is 18.7. The van der Waals surface area contributed by atoms with Gasteiger partial charge in [0.25, 0.3) is 0 Å². The van der Waals surface area contributed by atoms with E-state index in [0.29, 0.717) is 30.2 Å². The number of halogens is 1. The van der Waals surface area contributed by atoms with Crippen LogP contribution < -0.4 is 20.7 Å². The van der Waals surface area contributed by atoms with E-state index in [-0.39, 0.29) is 11.7 Å². The first-order valence-corrected chi connectivity index (χ1v) is 7.99. The molecular weight excluding hydrogens is 325 g/mol. The van der Waals surface area contributed by atoms with Crippen LogP contribution in [0.25, 0.3) is 0 Å². The van der Waals surface area contributed by atoms with E-state index < -0.39 is 12.1 Å². The second-order valence-corrected chi connectivity index (χ2v) is 5.67. The van der Waals surface area contributed by atoms with Gasteiger partial charge in [-0.25, -0.2) is 9.18 Å². The van der Waals surface area contributed by atoms with E-state index in [1.54, 1.807) is 36.4 Å². The van der Waals surface area contributed by atoms with Crippen LogP contribution in [-0.4, -0.2) is 24.5 Å². The molecular formula is C18H18FN3O3. The zero-order valence-electron chi connectivity index (χ0n) is 13.4. The van der Waals surface area contributed by atoms with E-state index in [9.17, 15) is 14.0 Å². The van der Waals surface area contributed by atoms with Crippen molar-refractivity contribution in [2.45, 2.75) is 18.9 Å². The average molecular weight is 343 g/mol. The Morgan fingerprint density at radius 1 is 1.16 bits per heavy atom. The number of nitrogens with one attached hydrogen (secondary N) is 3. The summed E-state index contributed by atoms with van der Waals surface area (Å²) in [5.41, 5.74) is 0.556. The van der Waals surface area contributed by atoms with Crippen molar-refractivity contribution in [3.8, 4) is 11.5 Å². The summed E-state index contributed by atoms with van der Waals surface area (Å²) in [5.74, 6) is 0.365. The van der Waals surface area contributed by atoms with Gasteiger partial charge in [0, 0.05) is 18.3 Å². The summed E-state index contributed by atoms with van der Waals surface area (Å²) in [6.07, 6.45) is 1.46. The first-order chi connectivity index (χ1) is 12.1. The normalized spacial score (nSPS) is 16.7. The van der Waals surface area contributed by atoms with E-state index >= 15 is 0 Å². The van der Waals surface area contributed by atoms with Crippen LogP contribution >= 0.6 is 0 Å². The molecule has 1 heterocycles. The average Bonchev–Trinajstić information content (AvgIpc) is 2.59. The summed E-state index contributed by atoms with van der Waals surface area (Å²) in [7, 11) is 0. The van der Waals surface area contributed by atoms with Gasteiger partial charge in [-0.15, -0.1) is 0 Å². The number of amides is 3. The van der Waals surface area contributed by atoms with E-state index in [1.165, 1.54) is 12.1 Å². The third-order valence-electron chi connectivity index (χ3n) is 3.73. The Kier molecular flexibility index (Phi) is 5.13. The molecule has 0 aromatic heterocycles. The van der Waals surface area contributed by atoms with Gasteiger partial charge < -0.3 is 20.7 Å². The van der Waals surface area contributed by atoms with E-state index in [4.69, 9.17) is 4.74 Å². The molecule has 3 amide bonds. The van der Waals surface area contributed by atoms with Crippen molar-refractivity contribution in [1.82, 2.24) is 10.6 Å². The highest BCUT2D eigenvalue weighted by atomic mass is 19.1. The highest BCUT2D eigenvalue weighted by molar-refractivity contribution is 5.93. The highest BCUT2D eigenvalue weighted by Crippen LogP contribution is 2.23. The molecule has 3 N–H and O–H groups in total. The van der Waals surface area contributed by atoms with Crippen LogP contribution in [0, 0.1) is 5.82 Å². The number of urea groups is 1. The molecule has 6 nitrogen and oxygen atoms in total. The molecule has 3 rings (SSSR count). The van der Waals surface area contributed by atoms with Crippen LogP contribution in [0.4, 0.5) is 14.9 Å². The third-order valence-corrected chi connectivity index (χ3v) is 3.73. The molecule has 7 heteroatoms. The molecule has 0 saturated carbocycles. The smallest absolute Gasteiger partial charge is 0.319 e. The SMILES string of the molecule is O=C(Nc1ccc(Oc2cccc(F)c2)cc1)N[C@@H]1CCCNC1=O. The van der Waals surface area contributed by atoms with Crippen molar-refractivity contribution < 1.29 is 18.7 Å². The lowest BCUT2D eigenvalue weighted by Gasteiger charge is -2.22. The van der Waals surface area contributed by atoms with Crippen LogP contribution in [-0.2, 0) is 4.79 Å². The Morgan fingerprint density at radius 3 is 2.68 bits per heavy atom. The maximum Gasteiger partial charge on any atom is 0.319 e. The van der Waals surface area contributed by atoms with Crippen molar-refractivity contribution >= 4 is 17.6 Å². The van der Waals surface area contributed by atoms with Crippen LogP contribution in [0.1, 0.15) is 12.8 Å². The molecule has 0 radical (unpaired) electrons. The van der Waals surface area contributed by atoms with Gasteiger partial charge in [-0.05, 0) is 49.2 Å². The van der Waals surface area contributed by atoms with Crippen molar-refractivity contribution in [2.24, 2.45) is 0 Å². The topological polar surface area (TPSA) is 79.5 Å². The fourth-order valence-electron chi connectivity index (χ4n) is 2.51. The van der Waals surface area contributed by atoms with Gasteiger partial charge in [-0.2, -0.15) is 0 Å². The molecule has 1 aliphatic heterocycles. The van der Waals surface area contributed by atoms with Gasteiger partial charge in [0.15, 0.2) is 0 Å². The lowest BCUT2D eigenvalue weighted by molar-refractivity contribution is -0.124. The predicted octanol–water partition coefficient (Wildman–Crippen LogP) is 3.02. The fourth-order valence-corrected chi connectivity index (χ4v) is 2.51. The van der Waals surface area contributed by atoms with Crippen molar-refractivity contribution in [1.29, 1.82) is 0 Å². The van der Waals surface area contributed by atoms with E-state index in [2.05, 4.69) is 16.0 Å². The number of benzene rings is 2. The van der Waals surface area contributed by atoms with Crippen LogP contribution in [0.5, 0.6) is 11.5 Å². The molecule has 1 fully saturated rings. The first kappa shape index (κ1) is 16.8. The van der Waals surface area contributed by atoms with Gasteiger partial charge in [-0.3, -0.25) is 4.79 Å². The maximum atomic E-state index is 13.1. The quantitative estimate of drug-likeness (QED) is 0.798. The summed E-state index contributed by atoms with van der Waals surface area (Å²) >= 11 is 0. The molecule has 0 aliphatic carbocycles. The van der Waals surface area contributed by atoms with Gasteiger partial charge in [0.05, 0.1) is 0 Å². The van der Waals surface area contributed by atoms with E-state index in [1.807, 2.05) is 0 Å². The first-order valence-electron chi connectivity index (χ1n) is 7.99. The van der Waals surface area contributed by atoms with Crippen molar-refractivity contribution in [2.75, 3.05) is 11.9 Å². The predicted molar refractivity (Wildman–Crippen MR) is 91.1 cm³/mol. The number of piperidine rings is 1. The number of anilines is 1. The Bertz CT molecular complexity index is 764. The minimum Gasteiger partial charge on any atom is -0.457 e. The molecule has 1 saturated heterocycles. The largest absolute Gasteiger partial charge is 0.457 e. The molecule has 130 valence electrons. The molecule has 1 aliphatic rings. The number of hydrogen-bond acceptors (Lipinski definition) is 3. The summed E-state index contributed by atoms with van der Waals surface area (Å²) in [5, 5.41) is 8.02. The number of ether oxygens (including phenoxy) is 1. The molecule has 25 heavy (non-hydrogen) atoms. The van der Waals surface area contributed by atoms with Crippen molar-refractivity contribution in [3.63, 3.8) is 0 Å². The van der Waals surface area contributed by atoms with Crippen molar-refractivity contribution in [3.05, 3.63) is 54.3 Å². The second kappa shape index (κ2) is 7.65. The Hall–Kier alpha value is -3.09.